The second kappa shape index (κ2) is 6.69. The van der Waals surface area contributed by atoms with Gasteiger partial charge in [-0.3, -0.25) is 9.20 Å². The molecule has 124 valence electrons. The Balaban J connectivity index is 1.76. The number of carbonyl (C=O) groups is 1. The van der Waals surface area contributed by atoms with E-state index in [1.54, 1.807) is 0 Å². The van der Waals surface area contributed by atoms with E-state index in [1.807, 2.05) is 55.8 Å². The third-order valence-electron chi connectivity index (χ3n) is 3.98. The molecule has 4 nitrogen and oxygen atoms in total. The fourth-order valence-corrected chi connectivity index (χ4v) is 3.70. The summed E-state index contributed by atoms with van der Waals surface area (Å²) in [4.78, 5) is 17.0. The van der Waals surface area contributed by atoms with Gasteiger partial charge in [-0.15, -0.1) is 0 Å². The third-order valence-corrected chi connectivity index (χ3v) is 5.06. The van der Waals surface area contributed by atoms with E-state index in [0.29, 0.717) is 0 Å². The molecule has 0 fully saturated rings. The SMILES string of the molecule is Cc1cc(C)c(NC(=O)C(C)Sc2ncc3ccccn23)c(C)c1. The number of aryl methyl sites for hydroxylation is 3. The van der Waals surface area contributed by atoms with Crippen molar-refractivity contribution in [3.8, 4) is 0 Å². The molecule has 0 aliphatic carbocycles. The first-order chi connectivity index (χ1) is 11.5. The summed E-state index contributed by atoms with van der Waals surface area (Å²) in [6.45, 7) is 8.02. The molecule has 3 aromatic rings. The van der Waals surface area contributed by atoms with Gasteiger partial charge in [0.05, 0.1) is 17.0 Å². The Morgan fingerprint density at radius 3 is 2.62 bits per heavy atom. The number of amides is 1. The lowest BCUT2D eigenvalue weighted by Crippen LogP contribution is -2.23. The zero-order chi connectivity index (χ0) is 17.3. The number of aromatic nitrogens is 2. The summed E-state index contributed by atoms with van der Waals surface area (Å²) in [5.41, 5.74) is 5.31. The van der Waals surface area contributed by atoms with Crippen molar-refractivity contribution in [2.24, 2.45) is 0 Å². The molecule has 24 heavy (non-hydrogen) atoms. The summed E-state index contributed by atoms with van der Waals surface area (Å²) < 4.78 is 2.00. The van der Waals surface area contributed by atoms with Crippen LogP contribution in [0, 0.1) is 20.8 Å². The van der Waals surface area contributed by atoms with E-state index in [0.717, 1.165) is 27.5 Å². The molecule has 0 bridgehead atoms. The van der Waals surface area contributed by atoms with Gasteiger partial charge in [-0.25, -0.2) is 4.98 Å². The van der Waals surface area contributed by atoms with E-state index in [4.69, 9.17) is 0 Å². The van der Waals surface area contributed by atoms with Crippen LogP contribution in [0.15, 0.2) is 47.9 Å². The number of carbonyl (C=O) groups excluding carboxylic acids is 1. The maximum Gasteiger partial charge on any atom is 0.237 e. The van der Waals surface area contributed by atoms with Gasteiger partial charge in [0.1, 0.15) is 0 Å². The summed E-state index contributed by atoms with van der Waals surface area (Å²) in [6.07, 6.45) is 3.78. The van der Waals surface area contributed by atoms with Crippen molar-refractivity contribution in [2.45, 2.75) is 38.1 Å². The van der Waals surface area contributed by atoms with Gasteiger partial charge in [-0.1, -0.05) is 35.5 Å². The number of imidazole rings is 1. The van der Waals surface area contributed by atoms with Crippen LogP contribution in [0.1, 0.15) is 23.6 Å². The highest BCUT2D eigenvalue weighted by atomic mass is 32.2. The van der Waals surface area contributed by atoms with Crippen LogP contribution in [0.5, 0.6) is 0 Å². The molecule has 0 spiro atoms. The number of hydrogen-bond donors (Lipinski definition) is 1. The van der Waals surface area contributed by atoms with Gasteiger partial charge in [-0.2, -0.15) is 0 Å². The molecule has 5 heteroatoms. The molecule has 0 aliphatic heterocycles. The predicted octanol–water partition coefficient (Wildman–Crippen LogP) is 4.38. The molecule has 2 aromatic heterocycles. The highest BCUT2D eigenvalue weighted by Crippen LogP contribution is 2.26. The lowest BCUT2D eigenvalue weighted by atomic mass is 10.1. The van der Waals surface area contributed by atoms with Crippen molar-refractivity contribution in [3.05, 3.63) is 59.4 Å². The molecule has 0 saturated heterocycles. The number of nitrogens with one attached hydrogen (secondary N) is 1. The molecule has 1 amide bonds. The number of rotatable bonds is 4. The fourth-order valence-electron chi connectivity index (χ4n) is 2.82. The van der Waals surface area contributed by atoms with Crippen LogP contribution in [-0.4, -0.2) is 20.5 Å². The van der Waals surface area contributed by atoms with Crippen LogP contribution >= 0.6 is 11.8 Å². The highest BCUT2D eigenvalue weighted by Gasteiger charge is 2.18. The molecular weight excluding hydrogens is 318 g/mol. The highest BCUT2D eigenvalue weighted by molar-refractivity contribution is 8.00. The van der Waals surface area contributed by atoms with Crippen molar-refractivity contribution in [1.29, 1.82) is 0 Å². The predicted molar refractivity (Wildman–Crippen MR) is 99.8 cm³/mol. The lowest BCUT2D eigenvalue weighted by Gasteiger charge is -2.15. The summed E-state index contributed by atoms with van der Waals surface area (Å²) in [5, 5.41) is 3.65. The summed E-state index contributed by atoms with van der Waals surface area (Å²) in [5.74, 6) is -0.0114. The molecule has 1 unspecified atom stereocenters. The maximum atomic E-state index is 12.6. The van der Waals surface area contributed by atoms with Gasteiger partial charge in [0.2, 0.25) is 5.91 Å². The Morgan fingerprint density at radius 1 is 1.21 bits per heavy atom. The second-order valence-corrected chi connectivity index (χ2v) is 7.37. The van der Waals surface area contributed by atoms with Crippen LogP contribution in [0.25, 0.3) is 5.52 Å². The Bertz CT molecular complexity index is 878. The summed E-state index contributed by atoms with van der Waals surface area (Å²) >= 11 is 1.46. The number of anilines is 1. The fraction of sp³-hybridized carbons (Fsp3) is 0.263. The minimum atomic E-state index is -0.240. The van der Waals surface area contributed by atoms with Crippen molar-refractivity contribution in [1.82, 2.24) is 9.38 Å². The molecular formula is C19H21N3OS. The maximum absolute atomic E-state index is 12.6. The van der Waals surface area contributed by atoms with Crippen molar-refractivity contribution in [3.63, 3.8) is 0 Å². The van der Waals surface area contributed by atoms with Gasteiger partial charge in [-0.05, 0) is 51.0 Å². The molecule has 1 atom stereocenters. The zero-order valence-electron chi connectivity index (χ0n) is 14.3. The largest absolute Gasteiger partial charge is 0.325 e. The summed E-state index contributed by atoms with van der Waals surface area (Å²) in [7, 11) is 0. The molecule has 0 radical (unpaired) electrons. The van der Waals surface area contributed by atoms with E-state index < -0.39 is 0 Å². The van der Waals surface area contributed by atoms with Gasteiger partial charge >= 0.3 is 0 Å². The smallest absolute Gasteiger partial charge is 0.237 e. The van der Waals surface area contributed by atoms with E-state index in [9.17, 15) is 4.79 Å². The monoisotopic (exact) mass is 339 g/mol. The first kappa shape index (κ1) is 16.6. The minimum absolute atomic E-state index is 0.0114. The average Bonchev–Trinajstić information content (AvgIpc) is 2.94. The number of hydrogen-bond acceptors (Lipinski definition) is 3. The van der Waals surface area contributed by atoms with Gasteiger partial charge in [0, 0.05) is 11.9 Å². The van der Waals surface area contributed by atoms with E-state index in [1.165, 1.54) is 17.3 Å². The Morgan fingerprint density at radius 2 is 1.92 bits per heavy atom. The molecule has 2 heterocycles. The zero-order valence-corrected chi connectivity index (χ0v) is 15.1. The van der Waals surface area contributed by atoms with E-state index >= 15 is 0 Å². The van der Waals surface area contributed by atoms with Crippen LogP contribution in [-0.2, 0) is 4.79 Å². The van der Waals surface area contributed by atoms with Crippen molar-refractivity contribution < 1.29 is 4.79 Å². The van der Waals surface area contributed by atoms with Gasteiger partial charge < -0.3 is 5.32 Å². The Hall–Kier alpha value is -2.27. The standard InChI is InChI=1S/C19H21N3OS/c1-12-9-13(2)17(14(3)10-12)21-18(23)15(4)24-19-20-11-16-7-5-6-8-22(16)19/h5-11,15H,1-4H3,(H,21,23). The lowest BCUT2D eigenvalue weighted by molar-refractivity contribution is -0.115. The van der Waals surface area contributed by atoms with Crippen molar-refractivity contribution in [2.75, 3.05) is 5.32 Å². The number of pyridine rings is 1. The quantitative estimate of drug-likeness (QED) is 0.718. The molecule has 0 saturated carbocycles. The number of thioether (sulfide) groups is 1. The van der Waals surface area contributed by atoms with Gasteiger partial charge in [0.15, 0.2) is 5.16 Å². The van der Waals surface area contributed by atoms with Crippen LogP contribution in [0.4, 0.5) is 5.69 Å². The Labute approximate surface area is 146 Å². The van der Waals surface area contributed by atoms with E-state index in [2.05, 4.69) is 29.4 Å². The molecule has 1 aromatic carbocycles. The minimum Gasteiger partial charge on any atom is -0.325 e. The first-order valence-corrected chi connectivity index (χ1v) is 8.81. The van der Waals surface area contributed by atoms with E-state index in [-0.39, 0.29) is 11.2 Å². The van der Waals surface area contributed by atoms with Crippen LogP contribution in [0.2, 0.25) is 0 Å². The van der Waals surface area contributed by atoms with Crippen molar-refractivity contribution >= 4 is 28.9 Å². The number of fused-ring (bicyclic) bond motifs is 1. The molecule has 1 N–H and O–H groups in total. The number of benzene rings is 1. The molecule has 3 rings (SSSR count). The number of nitrogens with zero attached hydrogens (tertiary/aromatic N) is 2. The van der Waals surface area contributed by atoms with Crippen LogP contribution < -0.4 is 5.32 Å². The molecule has 0 aliphatic rings. The second-order valence-electron chi connectivity index (χ2n) is 6.06. The average molecular weight is 339 g/mol. The summed E-state index contributed by atoms with van der Waals surface area (Å²) in [6, 6.07) is 10.1. The topological polar surface area (TPSA) is 46.4 Å². The third kappa shape index (κ3) is 3.31. The van der Waals surface area contributed by atoms with Crippen LogP contribution in [0.3, 0.4) is 0 Å². The van der Waals surface area contributed by atoms with Gasteiger partial charge in [0.25, 0.3) is 0 Å². The normalized spacial score (nSPS) is 12.3. The first-order valence-electron chi connectivity index (χ1n) is 7.93. The Kier molecular flexibility index (Phi) is 4.62.